The van der Waals surface area contributed by atoms with Crippen molar-refractivity contribution in [2.24, 2.45) is 5.73 Å². The molecule has 1 aromatic heterocycles. The minimum absolute atomic E-state index is 0. The number of rotatable bonds is 4. The molecule has 0 aromatic carbocycles. The van der Waals surface area contributed by atoms with Gasteiger partial charge in [-0.05, 0) is 25.1 Å². The highest BCUT2D eigenvalue weighted by Gasteiger charge is 2.28. The molecule has 1 aromatic rings. The molecule has 22 heavy (non-hydrogen) atoms. The Kier molecular flexibility index (Phi) is 9.79. The average Bonchev–Trinajstić information content (AvgIpc) is 2.79. The van der Waals surface area contributed by atoms with Gasteiger partial charge in [0.15, 0.2) is 0 Å². The number of nitrogens with one attached hydrogen (secondary N) is 1. The number of carbonyl (C=O) groups is 1. The summed E-state index contributed by atoms with van der Waals surface area (Å²) in [6, 6.07) is 2.45. The first-order chi connectivity index (χ1) is 9.61. The van der Waals surface area contributed by atoms with Crippen molar-refractivity contribution in [1.29, 1.82) is 0 Å². The maximum atomic E-state index is 13.4. The number of hydrogen-bond acceptors (Lipinski definition) is 4. The van der Waals surface area contributed by atoms with Gasteiger partial charge in [0.05, 0.1) is 22.0 Å². The first-order valence-electron chi connectivity index (χ1n) is 6.01. The van der Waals surface area contributed by atoms with Crippen LogP contribution in [0.4, 0.5) is 9.18 Å². The second kappa shape index (κ2) is 10.1. The highest BCUT2D eigenvalue weighted by Crippen LogP contribution is 2.36. The van der Waals surface area contributed by atoms with Gasteiger partial charge in [-0.2, -0.15) is 0 Å². The summed E-state index contributed by atoms with van der Waals surface area (Å²) in [4.78, 5) is 17.4. The van der Waals surface area contributed by atoms with E-state index in [0.29, 0.717) is 17.3 Å². The number of halogens is 4. The number of nitrogens with two attached hydrogens (primary N) is 1. The van der Waals surface area contributed by atoms with Crippen LogP contribution in [0, 0.1) is 5.82 Å². The topological polar surface area (TPSA) is 71.2 Å². The van der Waals surface area contributed by atoms with Gasteiger partial charge in [0, 0.05) is 12.4 Å². The second-order valence-corrected chi connectivity index (χ2v) is 5.93. The molecule has 1 aliphatic heterocycles. The molecule has 3 N–H and O–H groups in total. The van der Waals surface area contributed by atoms with Crippen molar-refractivity contribution >= 4 is 54.2 Å². The normalized spacial score (nSPS) is 16.4. The largest absolute Gasteiger partial charge is 0.332 e. The van der Waals surface area contributed by atoms with Gasteiger partial charge < -0.3 is 11.1 Å². The summed E-state index contributed by atoms with van der Waals surface area (Å²) in [5, 5.41) is 2.49. The van der Waals surface area contributed by atoms with Crippen molar-refractivity contribution in [1.82, 2.24) is 15.2 Å². The third-order valence-electron chi connectivity index (χ3n) is 2.69. The van der Waals surface area contributed by atoms with E-state index in [1.165, 1.54) is 35.0 Å². The Morgan fingerprint density at radius 2 is 2.27 bits per heavy atom. The van der Waals surface area contributed by atoms with Gasteiger partial charge in [0.1, 0.15) is 5.82 Å². The van der Waals surface area contributed by atoms with Crippen LogP contribution in [0.25, 0.3) is 0 Å². The zero-order valence-corrected chi connectivity index (χ0v) is 14.6. The van der Waals surface area contributed by atoms with Gasteiger partial charge in [0.25, 0.3) is 0 Å². The van der Waals surface area contributed by atoms with Crippen molar-refractivity contribution in [3.8, 4) is 0 Å². The van der Waals surface area contributed by atoms with Crippen LogP contribution in [0.1, 0.15) is 12.1 Å². The standard InChI is InChI=1S/C12H14ClFN4OS.2ClH/c13-10-7-18(11(20-10)3-4-15)12(19)17-6-9-8(14)2-1-5-16-9;;/h1-2,5,7,11H,3-4,6,15H2,(H,17,19);2*1H. The molecular formula is C12H16Cl3FN4OS. The van der Waals surface area contributed by atoms with Crippen molar-refractivity contribution in [3.63, 3.8) is 0 Å². The van der Waals surface area contributed by atoms with E-state index in [0.717, 1.165) is 0 Å². The van der Waals surface area contributed by atoms with Crippen LogP contribution in [0.15, 0.2) is 28.9 Å². The highest BCUT2D eigenvalue weighted by atomic mass is 35.5. The predicted octanol–water partition coefficient (Wildman–Crippen LogP) is 3.04. The molecule has 10 heteroatoms. The molecular weight excluding hydrogens is 374 g/mol. The maximum Gasteiger partial charge on any atom is 0.322 e. The Morgan fingerprint density at radius 1 is 1.55 bits per heavy atom. The van der Waals surface area contributed by atoms with Crippen LogP contribution in [-0.2, 0) is 6.54 Å². The Bertz CT molecular complexity index is 535. The van der Waals surface area contributed by atoms with Gasteiger partial charge in [-0.25, -0.2) is 9.18 Å². The molecule has 0 radical (unpaired) electrons. The van der Waals surface area contributed by atoms with Crippen molar-refractivity contribution in [3.05, 3.63) is 40.4 Å². The number of carbonyl (C=O) groups excluding carboxylic acids is 1. The SMILES string of the molecule is Cl.Cl.NCCC1SC(Cl)=CN1C(=O)NCc1ncccc1F. The zero-order chi connectivity index (χ0) is 14.5. The summed E-state index contributed by atoms with van der Waals surface area (Å²) in [6.07, 6.45) is 3.66. The fourth-order valence-electron chi connectivity index (χ4n) is 1.74. The smallest absolute Gasteiger partial charge is 0.322 e. The van der Waals surface area contributed by atoms with E-state index < -0.39 is 5.82 Å². The molecule has 0 fully saturated rings. The number of pyridine rings is 1. The average molecular weight is 390 g/mol. The minimum atomic E-state index is -0.448. The number of amides is 2. The summed E-state index contributed by atoms with van der Waals surface area (Å²) in [6.45, 7) is 0.474. The molecule has 1 unspecified atom stereocenters. The predicted molar refractivity (Wildman–Crippen MR) is 91.8 cm³/mol. The first-order valence-corrected chi connectivity index (χ1v) is 7.27. The van der Waals surface area contributed by atoms with Gasteiger partial charge in [-0.3, -0.25) is 9.88 Å². The molecule has 0 saturated heterocycles. The van der Waals surface area contributed by atoms with E-state index >= 15 is 0 Å². The number of thioether (sulfide) groups is 1. The molecule has 1 aliphatic rings. The number of nitrogens with zero attached hydrogens (tertiary/aromatic N) is 2. The van der Waals surface area contributed by atoms with Crippen molar-refractivity contribution < 1.29 is 9.18 Å². The lowest BCUT2D eigenvalue weighted by Crippen LogP contribution is -2.40. The number of aromatic nitrogens is 1. The van der Waals surface area contributed by atoms with Crippen LogP contribution in [0.5, 0.6) is 0 Å². The van der Waals surface area contributed by atoms with Crippen molar-refractivity contribution in [2.75, 3.05) is 6.54 Å². The monoisotopic (exact) mass is 388 g/mol. The van der Waals surface area contributed by atoms with E-state index in [4.69, 9.17) is 17.3 Å². The lowest BCUT2D eigenvalue weighted by molar-refractivity contribution is 0.211. The molecule has 2 heterocycles. The second-order valence-electron chi connectivity index (χ2n) is 4.08. The lowest BCUT2D eigenvalue weighted by atomic mass is 10.3. The van der Waals surface area contributed by atoms with Gasteiger partial charge in [0.2, 0.25) is 0 Å². The molecule has 2 amide bonds. The maximum absolute atomic E-state index is 13.4. The van der Waals surface area contributed by atoms with Crippen LogP contribution >= 0.6 is 48.2 Å². The van der Waals surface area contributed by atoms with E-state index in [1.54, 1.807) is 6.20 Å². The fourth-order valence-corrected chi connectivity index (χ4v) is 3.11. The molecule has 124 valence electrons. The summed E-state index contributed by atoms with van der Waals surface area (Å²) in [5.74, 6) is -0.448. The summed E-state index contributed by atoms with van der Waals surface area (Å²) in [5.41, 5.74) is 5.70. The molecule has 0 bridgehead atoms. The quantitative estimate of drug-likeness (QED) is 0.830. The third kappa shape index (κ3) is 5.48. The van der Waals surface area contributed by atoms with E-state index in [2.05, 4.69) is 10.3 Å². The van der Waals surface area contributed by atoms with Crippen molar-refractivity contribution in [2.45, 2.75) is 18.3 Å². The van der Waals surface area contributed by atoms with E-state index in [1.807, 2.05) is 0 Å². The van der Waals surface area contributed by atoms with Crippen LogP contribution in [0.2, 0.25) is 0 Å². The highest BCUT2D eigenvalue weighted by molar-refractivity contribution is 8.05. The Labute approximate surface area is 149 Å². The van der Waals surface area contributed by atoms with E-state index in [-0.39, 0.29) is 48.5 Å². The number of urea groups is 1. The summed E-state index contributed by atoms with van der Waals surface area (Å²) < 4.78 is 13.9. The van der Waals surface area contributed by atoms with E-state index in [9.17, 15) is 9.18 Å². The van der Waals surface area contributed by atoms with Gasteiger partial charge in [-0.15, -0.1) is 24.8 Å². The van der Waals surface area contributed by atoms with Gasteiger partial charge >= 0.3 is 6.03 Å². The molecule has 0 spiro atoms. The summed E-state index contributed by atoms with van der Waals surface area (Å²) in [7, 11) is 0. The van der Waals surface area contributed by atoms with Crippen LogP contribution < -0.4 is 11.1 Å². The molecule has 2 rings (SSSR count). The van der Waals surface area contributed by atoms with Gasteiger partial charge in [-0.1, -0.05) is 23.4 Å². The Balaban J connectivity index is 0.00000220. The summed E-state index contributed by atoms with van der Waals surface area (Å²) >= 11 is 7.29. The fraction of sp³-hybridized carbons (Fsp3) is 0.333. The minimum Gasteiger partial charge on any atom is -0.332 e. The van der Waals surface area contributed by atoms with Crippen LogP contribution in [-0.4, -0.2) is 27.8 Å². The zero-order valence-electron chi connectivity index (χ0n) is 11.4. The van der Waals surface area contributed by atoms with Crippen LogP contribution in [0.3, 0.4) is 0 Å². The molecule has 5 nitrogen and oxygen atoms in total. The first kappa shape index (κ1) is 21.3. The Morgan fingerprint density at radius 3 is 2.91 bits per heavy atom. The molecule has 0 aliphatic carbocycles. The lowest BCUT2D eigenvalue weighted by Gasteiger charge is -2.22. The Hall–Kier alpha value is -0.730. The molecule has 1 atom stereocenters. The number of hydrogen-bond donors (Lipinski definition) is 2. The molecule has 0 saturated carbocycles. The third-order valence-corrected chi connectivity index (χ3v) is 4.12.